The molecule has 3 N–H and O–H groups in total. The van der Waals surface area contributed by atoms with Crippen LogP contribution in [0.25, 0.3) is 5.65 Å². The van der Waals surface area contributed by atoms with Gasteiger partial charge in [0.25, 0.3) is 0 Å². The normalized spacial score (nSPS) is 11.9. The molecule has 26 heavy (non-hydrogen) atoms. The predicted molar refractivity (Wildman–Crippen MR) is 100 cm³/mol. The molecule has 138 valence electrons. The van der Waals surface area contributed by atoms with Gasteiger partial charge >= 0.3 is 6.36 Å². The van der Waals surface area contributed by atoms with Crippen molar-refractivity contribution in [3.8, 4) is 5.75 Å². The van der Waals surface area contributed by atoms with Gasteiger partial charge in [-0.25, -0.2) is 4.99 Å². The summed E-state index contributed by atoms with van der Waals surface area (Å²) in [7, 11) is 0. The van der Waals surface area contributed by atoms with E-state index in [0.29, 0.717) is 17.2 Å². The number of hydrogen-bond acceptors (Lipinski definition) is 4. The molecule has 3 rings (SSSR count). The molecule has 0 aliphatic carbocycles. The lowest BCUT2D eigenvalue weighted by Crippen LogP contribution is -2.22. The minimum Gasteiger partial charge on any atom is -0.406 e. The van der Waals surface area contributed by atoms with Crippen LogP contribution in [0.1, 0.15) is 5.82 Å². The summed E-state index contributed by atoms with van der Waals surface area (Å²) in [6, 6.07) is 10.7. The van der Waals surface area contributed by atoms with E-state index in [1.54, 1.807) is 4.40 Å². The van der Waals surface area contributed by atoms with Crippen molar-refractivity contribution in [2.24, 2.45) is 10.7 Å². The summed E-state index contributed by atoms with van der Waals surface area (Å²) in [4.78, 5) is 4.14. The molecule has 2 aromatic heterocycles. The number of benzene rings is 1. The van der Waals surface area contributed by atoms with E-state index < -0.39 is 6.36 Å². The van der Waals surface area contributed by atoms with Crippen molar-refractivity contribution < 1.29 is 17.9 Å². The largest absolute Gasteiger partial charge is 0.573 e. The SMILES string of the molecule is I.NC(=NCc1nnc2ccccn12)Nc1ccc(OC(F)(F)F)cc1. The standard InChI is InChI=1S/C15H13F3N6O.HI/c16-15(17,18)25-11-6-4-10(5-7-11)21-14(19)20-9-13-23-22-12-3-1-2-8-24(12)13;/h1-8H,9H2,(H3,19,20,21);1H. The van der Waals surface area contributed by atoms with E-state index in [1.807, 2.05) is 24.4 Å². The highest BCUT2D eigenvalue weighted by molar-refractivity contribution is 14.0. The summed E-state index contributed by atoms with van der Waals surface area (Å²) < 4.78 is 41.9. The number of rotatable bonds is 4. The van der Waals surface area contributed by atoms with Crippen LogP contribution in [0.5, 0.6) is 5.75 Å². The number of ether oxygens (including phenoxy) is 1. The summed E-state index contributed by atoms with van der Waals surface area (Å²) in [5, 5.41) is 10.8. The lowest BCUT2D eigenvalue weighted by atomic mass is 10.3. The third kappa shape index (κ3) is 5.21. The van der Waals surface area contributed by atoms with Crippen molar-refractivity contribution in [1.29, 1.82) is 0 Å². The van der Waals surface area contributed by atoms with Crippen LogP contribution in [0.4, 0.5) is 18.9 Å². The molecule has 0 saturated heterocycles. The lowest BCUT2D eigenvalue weighted by Gasteiger charge is -2.10. The lowest BCUT2D eigenvalue weighted by molar-refractivity contribution is -0.274. The first-order valence-corrected chi connectivity index (χ1v) is 7.12. The van der Waals surface area contributed by atoms with Crippen molar-refractivity contribution in [1.82, 2.24) is 14.6 Å². The Labute approximate surface area is 163 Å². The highest BCUT2D eigenvalue weighted by atomic mass is 127. The molecule has 0 aliphatic rings. The topological polar surface area (TPSA) is 89.8 Å². The van der Waals surface area contributed by atoms with Crippen LogP contribution in [-0.4, -0.2) is 26.9 Å². The number of anilines is 1. The van der Waals surface area contributed by atoms with E-state index in [0.717, 1.165) is 0 Å². The Morgan fingerprint density at radius 1 is 1.15 bits per heavy atom. The smallest absolute Gasteiger partial charge is 0.406 e. The zero-order valence-electron chi connectivity index (χ0n) is 13.1. The number of nitrogens with zero attached hydrogens (tertiary/aromatic N) is 4. The van der Waals surface area contributed by atoms with Crippen molar-refractivity contribution in [2.75, 3.05) is 5.32 Å². The van der Waals surface area contributed by atoms with E-state index >= 15 is 0 Å². The van der Waals surface area contributed by atoms with Crippen molar-refractivity contribution in [3.63, 3.8) is 0 Å². The van der Waals surface area contributed by atoms with Gasteiger partial charge in [-0.2, -0.15) is 0 Å². The van der Waals surface area contributed by atoms with Gasteiger partial charge in [0.2, 0.25) is 0 Å². The van der Waals surface area contributed by atoms with Gasteiger partial charge in [0.15, 0.2) is 17.4 Å². The highest BCUT2D eigenvalue weighted by Gasteiger charge is 2.30. The number of pyridine rings is 1. The second-order valence-electron chi connectivity index (χ2n) is 4.94. The fourth-order valence-electron chi connectivity index (χ4n) is 2.08. The molecular formula is C15H14F3IN6O. The Balaban J connectivity index is 0.00000243. The summed E-state index contributed by atoms with van der Waals surface area (Å²) >= 11 is 0. The van der Waals surface area contributed by atoms with Crippen LogP contribution in [0.15, 0.2) is 53.7 Å². The van der Waals surface area contributed by atoms with Crippen molar-refractivity contribution in [3.05, 3.63) is 54.5 Å². The highest BCUT2D eigenvalue weighted by Crippen LogP contribution is 2.23. The van der Waals surface area contributed by atoms with Crippen LogP contribution in [0.2, 0.25) is 0 Å². The maximum Gasteiger partial charge on any atom is 0.573 e. The van der Waals surface area contributed by atoms with Gasteiger partial charge in [0.05, 0.1) is 0 Å². The van der Waals surface area contributed by atoms with E-state index in [-0.39, 0.29) is 42.2 Å². The molecule has 0 aliphatic heterocycles. The zero-order chi connectivity index (χ0) is 17.9. The number of nitrogens with two attached hydrogens (primary N) is 1. The minimum atomic E-state index is -4.73. The molecule has 0 saturated carbocycles. The van der Waals surface area contributed by atoms with E-state index in [9.17, 15) is 13.2 Å². The van der Waals surface area contributed by atoms with Gasteiger partial charge < -0.3 is 15.8 Å². The number of guanidine groups is 1. The molecule has 0 bridgehead atoms. The number of aliphatic imine (C=N–C) groups is 1. The maximum absolute atomic E-state index is 12.1. The second kappa shape index (κ2) is 8.21. The molecule has 7 nitrogen and oxygen atoms in total. The first-order valence-electron chi connectivity index (χ1n) is 7.12. The fraction of sp³-hybridized carbons (Fsp3) is 0.133. The third-order valence-corrected chi connectivity index (χ3v) is 3.14. The van der Waals surface area contributed by atoms with E-state index in [1.165, 1.54) is 24.3 Å². The minimum absolute atomic E-state index is 0. The Morgan fingerprint density at radius 2 is 1.88 bits per heavy atom. The maximum atomic E-state index is 12.1. The molecule has 0 fully saturated rings. The zero-order valence-corrected chi connectivity index (χ0v) is 15.5. The van der Waals surface area contributed by atoms with E-state index in [4.69, 9.17) is 5.73 Å². The Morgan fingerprint density at radius 3 is 2.58 bits per heavy atom. The van der Waals surface area contributed by atoms with Crippen LogP contribution in [-0.2, 0) is 6.54 Å². The van der Waals surface area contributed by atoms with Crippen molar-refractivity contribution >= 4 is 41.3 Å². The molecule has 2 heterocycles. The third-order valence-electron chi connectivity index (χ3n) is 3.14. The van der Waals surface area contributed by atoms with Gasteiger partial charge in [-0.3, -0.25) is 4.40 Å². The van der Waals surface area contributed by atoms with Gasteiger partial charge in [-0.1, -0.05) is 6.07 Å². The van der Waals surface area contributed by atoms with Crippen molar-refractivity contribution in [2.45, 2.75) is 12.9 Å². The Kier molecular flexibility index (Phi) is 6.23. The summed E-state index contributed by atoms with van der Waals surface area (Å²) in [6.07, 6.45) is -2.92. The monoisotopic (exact) mass is 478 g/mol. The second-order valence-corrected chi connectivity index (χ2v) is 4.94. The number of fused-ring (bicyclic) bond motifs is 1. The molecular weight excluding hydrogens is 464 g/mol. The molecule has 0 amide bonds. The van der Waals surface area contributed by atoms with E-state index in [2.05, 4.69) is 25.2 Å². The van der Waals surface area contributed by atoms with Crippen LogP contribution in [0.3, 0.4) is 0 Å². The summed E-state index contributed by atoms with van der Waals surface area (Å²) in [5.41, 5.74) is 6.94. The van der Waals surface area contributed by atoms with Crippen LogP contribution in [0, 0.1) is 0 Å². The molecule has 3 aromatic rings. The van der Waals surface area contributed by atoms with Crippen LogP contribution >= 0.6 is 24.0 Å². The first kappa shape index (κ1) is 19.8. The predicted octanol–water partition coefficient (Wildman–Crippen LogP) is 3.17. The summed E-state index contributed by atoms with van der Waals surface area (Å²) in [5.74, 6) is 0.384. The summed E-state index contributed by atoms with van der Waals surface area (Å²) in [6.45, 7) is 0.194. The molecule has 1 aromatic carbocycles. The van der Waals surface area contributed by atoms with Gasteiger partial charge in [0, 0.05) is 11.9 Å². The van der Waals surface area contributed by atoms with Gasteiger partial charge in [0.1, 0.15) is 12.3 Å². The van der Waals surface area contributed by atoms with Gasteiger partial charge in [-0.05, 0) is 36.4 Å². The number of aromatic nitrogens is 3. The number of hydrogen-bond donors (Lipinski definition) is 2. The van der Waals surface area contributed by atoms with Gasteiger partial charge in [-0.15, -0.1) is 47.3 Å². The molecule has 11 heteroatoms. The average molecular weight is 478 g/mol. The Bertz CT molecular complexity index is 894. The molecule has 0 radical (unpaired) electrons. The number of alkyl halides is 3. The Hall–Kier alpha value is -2.57. The average Bonchev–Trinajstić information content (AvgIpc) is 2.97. The molecule has 0 atom stereocenters. The first-order chi connectivity index (χ1) is 11.9. The van der Waals surface area contributed by atoms with Crippen LogP contribution < -0.4 is 15.8 Å². The molecule has 0 unspecified atom stereocenters. The fourth-order valence-corrected chi connectivity index (χ4v) is 2.08. The quantitative estimate of drug-likeness (QED) is 0.342. The number of nitrogens with one attached hydrogen (secondary N) is 1. The number of halogens is 4. The molecule has 0 spiro atoms.